The number of carbonyl (C=O) groups excluding carboxylic acids is 3. The molecule has 1 saturated carbocycles. The van der Waals surface area contributed by atoms with Crippen LogP contribution >= 0.6 is 0 Å². The minimum atomic E-state index is -0.786. The molecule has 0 unspecified atom stereocenters. The van der Waals surface area contributed by atoms with Crippen molar-refractivity contribution < 1.29 is 24.0 Å². The number of methoxy groups -OCH3 is 1. The van der Waals surface area contributed by atoms with E-state index in [1.54, 1.807) is 24.3 Å². The summed E-state index contributed by atoms with van der Waals surface area (Å²) in [4.78, 5) is 52.2. The maximum atomic E-state index is 13.6. The molecule has 6 rings (SSSR count). The summed E-state index contributed by atoms with van der Waals surface area (Å²) in [5.41, 5.74) is 0.625. The average molecular weight is 476 g/mol. The van der Waals surface area contributed by atoms with Crippen molar-refractivity contribution in [2.75, 3.05) is 12.4 Å². The highest BCUT2D eigenvalue weighted by Gasteiger charge is 2.58. The number of rotatable bonds is 7. The smallest absolute Gasteiger partial charge is 0.271 e. The summed E-state index contributed by atoms with van der Waals surface area (Å²) >= 11 is 0. The van der Waals surface area contributed by atoms with Crippen molar-refractivity contribution >= 4 is 29.1 Å². The van der Waals surface area contributed by atoms with Gasteiger partial charge in [-0.3, -0.25) is 29.4 Å². The number of fused-ring (bicyclic) bond motifs is 1. The van der Waals surface area contributed by atoms with E-state index in [0.717, 1.165) is 12.8 Å². The van der Waals surface area contributed by atoms with Gasteiger partial charge in [-0.05, 0) is 36.3 Å². The number of anilines is 1. The molecule has 1 N–H and O–H groups in total. The second kappa shape index (κ2) is 8.98. The molecule has 9 heteroatoms. The van der Waals surface area contributed by atoms with E-state index in [2.05, 4.69) is 17.5 Å². The lowest BCUT2D eigenvalue weighted by Gasteiger charge is -2.38. The van der Waals surface area contributed by atoms with E-state index in [4.69, 9.17) is 4.74 Å². The van der Waals surface area contributed by atoms with Crippen LogP contribution in [0.3, 0.4) is 0 Å². The zero-order valence-electron chi connectivity index (χ0n) is 19.1. The van der Waals surface area contributed by atoms with Gasteiger partial charge in [-0.1, -0.05) is 42.5 Å². The van der Waals surface area contributed by atoms with E-state index in [0.29, 0.717) is 5.56 Å². The van der Waals surface area contributed by atoms with Gasteiger partial charge in [0.2, 0.25) is 17.7 Å². The first kappa shape index (κ1) is 22.8. The maximum Gasteiger partial charge on any atom is 0.271 e. The van der Waals surface area contributed by atoms with Gasteiger partial charge in [0.1, 0.15) is 5.75 Å². The van der Waals surface area contributed by atoms with Gasteiger partial charge in [0.05, 0.1) is 42.0 Å². The Morgan fingerprint density at radius 2 is 1.71 bits per heavy atom. The summed E-state index contributed by atoms with van der Waals surface area (Å²) in [5, 5.41) is 13.9. The third-order valence-corrected chi connectivity index (χ3v) is 7.34. The van der Waals surface area contributed by atoms with E-state index < -0.39 is 16.9 Å². The Kier molecular flexibility index (Phi) is 5.84. The van der Waals surface area contributed by atoms with E-state index >= 15 is 0 Å². The molecular weight excluding hydrogens is 450 g/mol. The van der Waals surface area contributed by atoms with Gasteiger partial charge in [-0.2, -0.15) is 0 Å². The number of allylic oxidation sites excluding steroid dienone is 2. The number of nitrogens with one attached hydrogen (secondary N) is 1. The number of nitrogens with zero attached hydrogens (tertiary/aromatic N) is 2. The first-order chi connectivity index (χ1) is 16.9. The second-order valence-corrected chi connectivity index (χ2v) is 9.21. The molecule has 3 aliphatic carbocycles. The second-order valence-electron chi connectivity index (χ2n) is 9.21. The van der Waals surface area contributed by atoms with E-state index in [9.17, 15) is 24.5 Å². The predicted molar refractivity (Wildman–Crippen MR) is 126 cm³/mol. The minimum absolute atomic E-state index is 0.0471. The molecule has 2 aromatic rings. The highest BCUT2D eigenvalue weighted by molar-refractivity contribution is 6.07. The summed E-state index contributed by atoms with van der Waals surface area (Å²) in [7, 11) is 1.40. The lowest BCUT2D eigenvalue weighted by molar-refractivity contribution is -0.384. The van der Waals surface area contributed by atoms with Gasteiger partial charge in [0, 0.05) is 12.1 Å². The summed E-state index contributed by atoms with van der Waals surface area (Å²) < 4.78 is 5.24. The van der Waals surface area contributed by atoms with Crippen molar-refractivity contribution in [2.24, 2.45) is 23.7 Å². The molecule has 4 aliphatic rings. The first-order valence-corrected chi connectivity index (χ1v) is 11.6. The van der Waals surface area contributed by atoms with E-state index in [1.807, 2.05) is 6.07 Å². The Balaban J connectivity index is 1.44. The number of hydrogen-bond donors (Lipinski definition) is 1. The Morgan fingerprint density at radius 3 is 2.26 bits per heavy atom. The van der Waals surface area contributed by atoms with Gasteiger partial charge in [0.25, 0.3) is 5.69 Å². The van der Waals surface area contributed by atoms with Crippen LogP contribution in [0.2, 0.25) is 0 Å². The van der Waals surface area contributed by atoms with E-state index in [1.165, 1.54) is 30.2 Å². The van der Waals surface area contributed by atoms with Crippen LogP contribution < -0.4 is 10.1 Å². The molecule has 0 spiro atoms. The summed E-state index contributed by atoms with van der Waals surface area (Å²) in [5.74, 6) is -1.34. The highest BCUT2D eigenvalue weighted by atomic mass is 16.6. The quantitative estimate of drug-likeness (QED) is 0.281. The number of nitro benzene ring substituents is 1. The largest absolute Gasteiger partial charge is 0.495 e. The number of nitro groups is 1. The Bertz CT molecular complexity index is 1190. The summed E-state index contributed by atoms with van der Waals surface area (Å²) in [6, 6.07) is 12.1. The Morgan fingerprint density at radius 1 is 1.09 bits per heavy atom. The number of carbonyl (C=O) groups is 3. The molecule has 1 heterocycles. The molecule has 1 aliphatic heterocycles. The van der Waals surface area contributed by atoms with Crippen LogP contribution in [0.4, 0.5) is 11.4 Å². The van der Waals surface area contributed by atoms with Crippen molar-refractivity contribution in [3.63, 3.8) is 0 Å². The molecule has 35 heavy (non-hydrogen) atoms. The van der Waals surface area contributed by atoms with Crippen LogP contribution in [-0.2, 0) is 14.4 Å². The number of likely N-dealkylation sites (tertiary alicyclic amines) is 1. The van der Waals surface area contributed by atoms with Crippen LogP contribution in [-0.4, -0.2) is 34.7 Å². The monoisotopic (exact) mass is 475 g/mol. The zero-order chi connectivity index (χ0) is 24.7. The first-order valence-electron chi connectivity index (χ1n) is 11.6. The van der Waals surface area contributed by atoms with Crippen LogP contribution in [0, 0.1) is 33.8 Å². The predicted octanol–water partition coefficient (Wildman–Crippen LogP) is 3.87. The molecule has 1 saturated heterocycles. The SMILES string of the molecule is COc1ccc([N+](=O)[O-])cc1NC(=O)C[C@H](c1ccccc1)N1C(=O)[C@@H]2[C@H](C1=O)[C@H]1C=C[C@H]2CC1. The standard InChI is InChI=1S/C26H25N3O6/c1-35-21-12-11-18(29(33)34)13-19(21)27-22(30)14-20(15-5-3-2-4-6-15)28-25(31)23-16-7-8-17(10-9-16)24(23)26(28)32/h2-8,11-13,16-17,20,23-24H,9-10,14H2,1H3,(H,27,30)/t16-,17-,20+,23-,24+/m0/s1. The molecule has 2 aromatic carbocycles. The highest BCUT2D eigenvalue weighted by Crippen LogP contribution is 2.51. The zero-order valence-corrected chi connectivity index (χ0v) is 19.1. The van der Waals surface area contributed by atoms with Crippen LogP contribution in [0.25, 0.3) is 0 Å². The fourth-order valence-electron chi connectivity index (χ4n) is 5.72. The van der Waals surface area contributed by atoms with Gasteiger partial charge in [-0.15, -0.1) is 0 Å². The third kappa shape index (κ3) is 3.96. The molecule has 5 atom stereocenters. The van der Waals surface area contributed by atoms with Gasteiger partial charge in [-0.25, -0.2) is 0 Å². The van der Waals surface area contributed by atoms with Crippen molar-refractivity contribution in [1.29, 1.82) is 0 Å². The molecule has 0 aromatic heterocycles. The van der Waals surface area contributed by atoms with Crippen molar-refractivity contribution in [2.45, 2.75) is 25.3 Å². The number of ether oxygens (including phenoxy) is 1. The van der Waals surface area contributed by atoms with Gasteiger partial charge >= 0.3 is 0 Å². The molecule has 3 amide bonds. The lowest BCUT2D eigenvalue weighted by Crippen LogP contribution is -2.38. The van der Waals surface area contributed by atoms with Crippen LogP contribution in [0.15, 0.2) is 60.7 Å². The number of non-ortho nitro benzene ring substituents is 1. The topological polar surface area (TPSA) is 119 Å². The van der Waals surface area contributed by atoms with Crippen LogP contribution in [0.1, 0.15) is 30.9 Å². The Labute approximate surface area is 201 Å². The van der Waals surface area contributed by atoms with Crippen molar-refractivity contribution in [1.82, 2.24) is 4.90 Å². The maximum absolute atomic E-state index is 13.6. The summed E-state index contributed by atoms with van der Waals surface area (Å²) in [6.45, 7) is 0. The number of amides is 3. The van der Waals surface area contributed by atoms with Gasteiger partial charge < -0.3 is 10.1 Å². The minimum Gasteiger partial charge on any atom is -0.495 e. The van der Waals surface area contributed by atoms with Gasteiger partial charge in [0.15, 0.2) is 0 Å². The molecular formula is C26H25N3O6. The number of hydrogen-bond acceptors (Lipinski definition) is 6. The third-order valence-electron chi connectivity index (χ3n) is 7.34. The van der Waals surface area contributed by atoms with Crippen molar-refractivity contribution in [3.8, 4) is 5.75 Å². The molecule has 180 valence electrons. The van der Waals surface area contributed by atoms with Crippen molar-refractivity contribution in [3.05, 3.63) is 76.4 Å². The molecule has 9 nitrogen and oxygen atoms in total. The lowest BCUT2D eigenvalue weighted by atomic mass is 9.63. The Hall–Kier alpha value is -4.01. The fourth-order valence-corrected chi connectivity index (χ4v) is 5.72. The number of imide groups is 1. The summed E-state index contributed by atoms with van der Waals surface area (Å²) in [6.07, 6.45) is 5.71. The fraction of sp³-hybridized carbons (Fsp3) is 0.346. The normalized spacial score (nSPS) is 25.3. The van der Waals surface area contributed by atoms with Crippen LogP contribution in [0.5, 0.6) is 5.75 Å². The number of benzene rings is 2. The molecule has 2 fully saturated rings. The van der Waals surface area contributed by atoms with E-state index in [-0.39, 0.29) is 59.0 Å². The molecule has 0 radical (unpaired) electrons. The molecule has 2 bridgehead atoms. The average Bonchev–Trinajstić information content (AvgIpc) is 3.15.